The van der Waals surface area contributed by atoms with Crippen LogP contribution in [0, 0.1) is 11.8 Å². The van der Waals surface area contributed by atoms with Gasteiger partial charge in [0.05, 0.1) is 12.1 Å². The fourth-order valence-corrected chi connectivity index (χ4v) is 2.12. The van der Waals surface area contributed by atoms with E-state index in [0.29, 0.717) is 0 Å². The lowest BCUT2D eigenvalue weighted by atomic mass is 9.69. The van der Waals surface area contributed by atoms with Crippen LogP contribution in [0.15, 0.2) is 12.2 Å². The van der Waals surface area contributed by atoms with Gasteiger partial charge in [-0.15, -0.1) is 0 Å². The molecule has 1 unspecified atom stereocenters. The van der Waals surface area contributed by atoms with E-state index in [0.717, 1.165) is 0 Å². The molecule has 0 heterocycles. The number of nitrogens with zero attached hydrogens (tertiary/aromatic N) is 1. The number of aliphatic hydroxyl groups excluding tert-OH is 1. The van der Waals surface area contributed by atoms with E-state index < -0.39 is 6.10 Å². The van der Waals surface area contributed by atoms with E-state index in [-0.39, 0.29) is 29.5 Å². The normalized spacial score (nSPS) is 19.2. The summed E-state index contributed by atoms with van der Waals surface area (Å²) in [5.41, 5.74) is 0. The third kappa shape index (κ3) is 5.36. The van der Waals surface area contributed by atoms with Gasteiger partial charge in [0.15, 0.2) is 5.78 Å². The molecule has 0 saturated carbocycles. The van der Waals surface area contributed by atoms with Crippen molar-refractivity contribution < 1.29 is 9.90 Å². The number of rotatable bonds is 7. The lowest BCUT2D eigenvalue weighted by Crippen LogP contribution is -2.43. The van der Waals surface area contributed by atoms with E-state index in [2.05, 4.69) is 14.8 Å². The minimum atomic E-state index is -0.432. The Labute approximate surface area is 113 Å². The molecule has 0 aromatic heterocycles. The number of likely N-dealkylation sites (N-methyl/N-ethyl adjacent to an activating group) is 1. The topological polar surface area (TPSA) is 40.5 Å². The Morgan fingerprint density at radius 3 is 2.00 bits per heavy atom. The summed E-state index contributed by atoms with van der Waals surface area (Å²) in [7, 11) is 6.00. The van der Waals surface area contributed by atoms with Crippen molar-refractivity contribution in [1.29, 1.82) is 0 Å². The van der Waals surface area contributed by atoms with Crippen LogP contribution in [0.1, 0.15) is 27.7 Å². The lowest BCUT2D eigenvalue weighted by Gasteiger charge is -2.33. The molecule has 0 fully saturated rings. The Bertz CT molecular complexity index is 288. The number of carbonyl (C=O) groups is 1. The Morgan fingerprint density at radius 2 is 1.67 bits per heavy atom. The van der Waals surface area contributed by atoms with Gasteiger partial charge in [0, 0.05) is 5.92 Å². The van der Waals surface area contributed by atoms with E-state index in [4.69, 9.17) is 0 Å². The zero-order valence-electron chi connectivity index (χ0n) is 12.8. The summed E-state index contributed by atoms with van der Waals surface area (Å²) in [4.78, 5) is 14.3. The first-order valence-electron chi connectivity index (χ1n) is 6.75. The van der Waals surface area contributed by atoms with E-state index in [1.807, 2.05) is 38.9 Å². The standard InChI is InChI=1S/C14H28BNO2/c1-9(2)14(18)13(16(5)6)12(15)10(3)7-8-11(4)17/h7-13,17H,15H2,1-6H3/b8-7+/t10-,11?,12-,13+/m1/s1. The largest absolute Gasteiger partial charge is 0.389 e. The summed E-state index contributed by atoms with van der Waals surface area (Å²) >= 11 is 0. The Morgan fingerprint density at radius 1 is 1.17 bits per heavy atom. The van der Waals surface area contributed by atoms with Gasteiger partial charge in [0.1, 0.15) is 7.85 Å². The zero-order valence-corrected chi connectivity index (χ0v) is 12.8. The van der Waals surface area contributed by atoms with Gasteiger partial charge in [-0.05, 0) is 32.8 Å². The van der Waals surface area contributed by atoms with Gasteiger partial charge in [-0.3, -0.25) is 4.79 Å². The minimum absolute atomic E-state index is 0.0489. The van der Waals surface area contributed by atoms with Crippen LogP contribution in [-0.2, 0) is 4.79 Å². The molecule has 0 rings (SSSR count). The van der Waals surface area contributed by atoms with Gasteiger partial charge in [0.25, 0.3) is 0 Å². The number of Topliss-reactive ketones (excluding diaryl/α,β-unsaturated/α-hetero) is 1. The Kier molecular flexibility index (Phi) is 7.49. The van der Waals surface area contributed by atoms with Gasteiger partial charge in [-0.1, -0.05) is 32.9 Å². The summed E-state index contributed by atoms with van der Waals surface area (Å²) in [5.74, 6) is 0.817. The van der Waals surface area contributed by atoms with Crippen molar-refractivity contribution in [2.24, 2.45) is 11.8 Å². The lowest BCUT2D eigenvalue weighted by molar-refractivity contribution is -0.126. The highest BCUT2D eigenvalue weighted by Crippen LogP contribution is 2.25. The summed E-state index contributed by atoms with van der Waals surface area (Å²) in [6.45, 7) is 7.72. The predicted octanol–water partition coefficient (Wildman–Crippen LogP) is 1.14. The molecule has 4 heteroatoms. The molecule has 0 aromatic carbocycles. The average molecular weight is 253 g/mol. The third-order valence-corrected chi connectivity index (χ3v) is 3.44. The SMILES string of the molecule is B[C@H]([C@H](C)/C=C/C(C)O)[C@@H](C(=O)C(C)C)N(C)C. The van der Waals surface area contributed by atoms with Crippen LogP contribution in [-0.4, -0.2) is 49.9 Å². The molecule has 0 amide bonds. The zero-order chi connectivity index (χ0) is 14.5. The Balaban J connectivity index is 4.87. The fraction of sp³-hybridized carbons (Fsp3) is 0.786. The monoisotopic (exact) mass is 253 g/mol. The Hall–Kier alpha value is -0.605. The van der Waals surface area contributed by atoms with E-state index in [1.165, 1.54) is 0 Å². The van der Waals surface area contributed by atoms with Crippen LogP contribution in [0.5, 0.6) is 0 Å². The number of aliphatic hydroxyl groups is 1. The molecule has 0 aliphatic rings. The van der Waals surface area contributed by atoms with Gasteiger partial charge in [0.2, 0.25) is 0 Å². The van der Waals surface area contributed by atoms with Crippen molar-refractivity contribution in [2.45, 2.75) is 45.7 Å². The molecule has 0 aromatic rings. The van der Waals surface area contributed by atoms with Crippen molar-refractivity contribution in [3.05, 3.63) is 12.2 Å². The average Bonchev–Trinajstić information content (AvgIpc) is 2.24. The van der Waals surface area contributed by atoms with Crippen molar-refractivity contribution in [1.82, 2.24) is 4.90 Å². The van der Waals surface area contributed by atoms with Gasteiger partial charge in [-0.2, -0.15) is 0 Å². The molecule has 3 nitrogen and oxygen atoms in total. The molecule has 1 N–H and O–H groups in total. The first-order valence-corrected chi connectivity index (χ1v) is 6.75. The van der Waals surface area contributed by atoms with E-state index in [9.17, 15) is 9.90 Å². The molecule has 0 aliphatic carbocycles. The summed E-state index contributed by atoms with van der Waals surface area (Å²) < 4.78 is 0. The van der Waals surface area contributed by atoms with Crippen LogP contribution >= 0.6 is 0 Å². The number of ketones is 1. The first-order chi connectivity index (χ1) is 8.18. The van der Waals surface area contributed by atoms with Crippen molar-refractivity contribution >= 4 is 13.6 Å². The van der Waals surface area contributed by atoms with Gasteiger partial charge < -0.3 is 10.0 Å². The number of hydrogen-bond donors (Lipinski definition) is 1. The predicted molar refractivity (Wildman–Crippen MR) is 79.6 cm³/mol. The molecule has 104 valence electrons. The van der Waals surface area contributed by atoms with E-state index in [1.54, 1.807) is 13.0 Å². The fourth-order valence-electron chi connectivity index (χ4n) is 2.12. The summed E-state index contributed by atoms with van der Waals surface area (Å²) in [5, 5.41) is 9.26. The van der Waals surface area contributed by atoms with Gasteiger partial charge >= 0.3 is 0 Å². The highest BCUT2D eigenvalue weighted by atomic mass is 16.3. The minimum Gasteiger partial charge on any atom is -0.389 e. The van der Waals surface area contributed by atoms with Crippen LogP contribution in [0.3, 0.4) is 0 Å². The maximum atomic E-state index is 12.3. The first kappa shape index (κ1) is 17.4. The number of allylic oxidation sites excluding steroid dienone is 1. The molecule has 0 saturated heterocycles. The second-order valence-corrected chi connectivity index (χ2v) is 5.81. The number of carbonyl (C=O) groups excluding carboxylic acids is 1. The molecule has 0 radical (unpaired) electrons. The summed E-state index contributed by atoms with van der Waals surface area (Å²) in [6, 6.07) is -0.0707. The maximum Gasteiger partial charge on any atom is 0.152 e. The quantitative estimate of drug-likeness (QED) is 0.546. The van der Waals surface area contributed by atoms with Gasteiger partial charge in [-0.25, -0.2) is 0 Å². The highest BCUT2D eigenvalue weighted by molar-refractivity contribution is 6.15. The highest BCUT2D eigenvalue weighted by Gasteiger charge is 2.30. The van der Waals surface area contributed by atoms with Crippen LogP contribution in [0.4, 0.5) is 0 Å². The maximum absolute atomic E-state index is 12.3. The molecule has 0 aliphatic heterocycles. The van der Waals surface area contributed by atoms with Crippen LogP contribution in [0.25, 0.3) is 0 Å². The molecule has 18 heavy (non-hydrogen) atoms. The molecular weight excluding hydrogens is 225 g/mol. The summed E-state index contributed by atoms with van der Waals surface area (Å²) in [6.07, 6.45) is 3.35. The molecule has 4 atom stereocenters. The van der Waals surface area contributed by atoms with E-state index >= 15 is 0 Å². The van der Waals surface area contributed by atoms with Crippen molar-refractivity contribution in [3.8, 4) is 0 Å². The van der Waals surface area contributed by atoms with Crippen LogP contribution in [0.2, 0.25) is 5.82 Å². The smallest absolute Gasteiger partial charge is 0.152 e. The third-order valence-electron chi connectivity index (χ3n) is 3.44. The number of hydrogen-bond acceptors (Lipinski definition) is 3. The van der Waals surface area contributed by atoms with Crippen molar-refractivity contribution in [3.63, 3.8) is 0 Å². The second-order valence-electron chi connectivity index (χ2n) is 5.81. The molecule has 0 bridgehead atoms. The second kappa shape index (κ2) is 7.75. The molecule has 0 spiro atoms. The van der Waals surface area contributed by atoms with Crippen LogP contribution < -0.4 is 0 Å². The van der Waals surface area contributed by atoms with Crippen molar-refractivity contribution in [2.75, 3.05) is 14.1 Å². The molecular formula is C14H28BNO2.